The quantitative estimate of drug-likeness (QED) is 0.420. The molecule has 12 heavy (non-hydrogen) atoms. The lowest BCUT2D eigenvalue weighted by atomic mass is 10.1. The molecule has 0 saturated heterocycles. The lowest BCUT2D eigenvalue weighted by molar-refractivity contribution is -0.118. The molecule has 1 atom stereocenters. The first kappa shape index (κ1) is 12.3. The number of hydrogen-bond donors (Lipinski definition) is 2. The fourth-order valence-electron chi connectivity index (χ4n) is 0.985. The van der Waals surface area contributed by atoms with E-state index < -0.39 is 0 Å². The minimum atomic E-state index is 0.0439. The number of hydrogen-bond acceptors (Lipinski definition) is 3. The van der Waals surface area contributed by atoms with Gasteiger partial charge in [-0.2, -0.15) is 0 Å². The summed E-state index contributed by atoms with van der Waals surface area (Å²) in [6.45, 7) is 2.67. The summed E-state index contributed by atoms with van der Waals surface area (Å²) in [5.74, 6) is 0.230. The number of rotatable bonds is 7. The van der Waals surface area contributed by atoms with E-state index in [4.69, 9.17) is 0 Å². The van der Waals surface area contributed by atoms with Crippen molar-refractivity contribution < 1.29 is 4.79 Å². The zero-order valence-corrected chi connectivity index (χ0v) is 9.85. The molecule has 0 aromatic carbocycles. The van der Waals surface area contributed by atoms with Crippen LogP contribution in [0.1, 0.15) is 26.2 Å². The smallest absolute Gasteiger partial charge is 0.147 e. The zero-order valence-electron chi connectivity index (χ0n) is 7.69. The van der Waals surface area contributed by atoms with Gasteiger partial charge in [0.25, 0.3) is 0 Å². The molecule has 2 N–H and O–H groups in total. The van der Waals surface area contributed by atoms with Crippen LogP contribution in [0, 0.1) is 0 Å². The number of Topliss-reactive ketones (excluding diaryl/α,β-unsaturated/α-hetero) is 1. The van der Waals surface area contributed by atoms with Gasteiger partial charge in [-0.3, -0.25) is 8.32 Å². The van der Waals surface area contributed by atoms with Crippen LogP contribution in [0.2, 0.25) is 0 Å². The van der Waals surface area contributed by atoms with Gasteiger partial charge in [0.05, 0.1) is 6.04 Å². The van der Waals surface area contributed by atoms with Gasteiger partial charge >= 0.3 is 0 Å². The molecule has 0 rings (SSSR count). The molecule has 0 amide bonds. The molecule has 0 aromatic heterocycles. The van der Waals surface area contributed by atoms with Gasteiger partial charge in [-0.05, 0) is 33.4 Å². The second-order valence-corrected chi connectivity index (χ2v) is 3.49. The van der Waals surface area contributed by atoms with Crippen molar-refractivity contribution in [3.63, 3.8) is 0 Å². The summed E-state index contributed by atoms with van der Waals surface area (Å²) in [4.78, 5) is 11.0. The summed E-state index contributed by atoms with van der Waals surface area (Å²) < 4.78 is 2.98. The molecule has 0 saturated carbocycles. The Labute approximate surface area is 88.2 Å². The molecule has 1 unspecified atom stereocenters. The summed E-state index contributed by atoms with van der Waals surface area (Å²) in [5, 5.41) is 3.08. The number of carbonyl (C=O) groups is 1. The highest BCUT2D eigenvalue weighted by atomic mass is 127. The Morgan fingerprint density at radius 3 is 2.58 bits per heavy atom. The Bertz CT molecular complexity index is 130. The highest BCUT2D eigenvalue weighted by Gasteiger charge is 2.10. The molecule has 0 aliphatic rings. The maximum Gasteiger partial charge on any atom is 0.147 e. The number of ketones is 1. The summed E-state index contributed by atoms with van der Waals surface area (Å²) in [6, 6.07) is 0.0439. The van der Waals surface area contributed by atoms with Crippen molar-refractivity contribution >= 4 is 28.6 Å². The van der Waals surface area contributed by atoms with Crippen LogP contribution in [-0.4, -0.2) is 25.4 Å². The summed E-state index contributed by atoms with van der Waals surface area (Å²) in [7, 11) is 1.94. The van der Waals surface area contributed by atoms with Crippen molar-refractivity contribution in [3.05, 3.63) is 0 Å². The van der Waals surface area contributed by atoms with Gasteiger partial charge < -0.3 is 5.32 Å². The Kier molecular flexibility index (Phi) is 8.15. The first-order valence-corrected chi connectivity index (χ1v) is 5.31. The molecule has 0 aliphatic carbocycles. The molecule has 0 bridgehead atoms. The summed E-state index contributed by atoms with van der Waals surface area (Å²) in [5.41, 5.74) is 0. The lowest BCUT2D eigenvalue weighted by Crippen LogP contribution is -2.28. The lowest BCUT2D eigenvalue weighted by Gasteiger charge is -2.10. The van der Waals surface area contributed by atoms with E-state index in [-0.39, 0.29) is 11.8 Å². The van der Waals surface area contributed by atoms with Gasteiger partial charge in [-0.1, -0.05) is 6.42 Å². The first-order chi connectivity index (χ1) is 5.72. The second-order valence-electron chi connectivity index (χ2n) is 2.87. The highest BCUT2D eigenvalue weighted by molar-refractivity contribution is 14.1. The third-order valence-electron chi connectivity index (χ3n) is 1.79. The molecular weight excluding hydrogens is 267 g/mol. The van der Waals surface area contributed by atoms with Crippen LogP contribution in [0.4, 0.5) is 0 Å². The van der Waals surface area contributed by atoms with E-state index in [1.807, 2.05) is 29.9 Å². The largest absolute Gasteiger partial charge is 0.320 e. The van der Waals surface area contributed by atoms with Crippen molar-refractivity contribution in [2.45, 2.75) is 32.2 Å². The first-order valence-electron chi connectivity index (χ1n) is 4.23. The van der Waals surface area contributed by atoms with Gasteiger partial charge in [0.1, 0.15) is 5.78 Å². The number of nitrogens with one attached hydrogen (secondary N) is 2. The van der Waals surface area contributed by atoms with E-state index >= 15 is 0 Å². The predicted molar refractivity (Wildman–Crippen MR) is 59.4 cm³/mol. The standard InChI is InChI=1S/C8H17IN2O/c1-7(12)8(11-9)5-3-4-6-10-2/h8,10-11H,3-6H2,1-2H3. The van der Waals surface area contributed by atoms with E-state index in [9.17, 15) is 4.79 Å². The van der Waals surface area contributed by atoms with Crippen molar-refractivity contribution in [1.82, 2.24) is 8.85 Å². The van der Waals surface area contributed by atoms with E-state index in [0.29, 0.717) is 0 Å². The molecule has 0 fully saturated rings. The summed E-state index contributed by atoms with van der Waals surface area (Å²) in [6.07, 6.45) is 3.18. The third-order valence-corrected chi connectivity index (χ3v) is 2.54. The van der Waals surface area contributed by atoms with Crippen LogP contribution >= 0.6 is 22.9 Å². The van der Waals surface area contributed by atoms with E-state index in [0.717, 1.165) is 25.8 Å². The van der Waals surface area contributed by atoms with Crippen LogP contribution in [0.5, 0.6) is 0 Å². The molecule has 0 aromatic rings. The fraction of sp³-hybridized carbons (Fsp3) is 0.875. The predicted octanol–water partition coefficient (Wildman–Crippen LogP) is 1.27. The van der Waals surface area contributed by atoms with Gasteiger partial charge in [0, 0.05) is 22.9 Å². The van der Waals surface area contributed by atoms with Crippen LogP contribution in [0.15, 0.2) is 0 Å². The van der Waals surface area contributed by atoms with E-state index in [1.54, 1.807) is 6.92 Å². The Hall–Kier alpha value is 0.320. The van der Waals surface area contributed by atoms with Crippen LogP contribution < -0.4 is 8.85 Å². The number of carbonyl (C=O) groups excluding carboxylic acids is 1. The highest BCUT2D eigenvalue weighted by Crippen LogP contribution is 2.02. The van der Waals surface area contributed by atoms with Crippen molar-refractivity contribution in [3.8, 4) is 0 Å². The van der Waals surface area contributed by atoms with E-state index in [2.05, 4.69) is 8.85 Å². The minimum Gasteiger partial charge on any atom is -0.320 e. The maximum absolute atomic E-state index is 11.0. The van der Waals surface area contributed by atoms with Crippen molar-refractivity contribution in [2.24, 2.45) is 0 Å². The Balaban J connectivity index is 3.38. The minimum absolute atomic E-state index is 0.0439. The SMILES string of the molecule is CNCCCCC(NI)C(C)=O. The maximum atomic E-state index is 11.0. The third kappa shape index (κ3) is 5.91. The Morgan fingerprint density at radius 1 is 1.50 bits per heavy atom. The fourth-order valence-corrected chi connectivity index (χ4v) is 1.73. The van der Waals surface area contributed by atoms with Gasteiger partial charge in [0.15, 0.2) is 0 Å². The number of unbranched alkanes of at least 4 members (excludes halogenated alkanes) is 1. The second kappa shape index (κ2) is 7.94. The monoisotopic (exact) mass is 284 g/mol. The average Bonchev–Trinajstić information content (AvgIpc) is 2.04. The van der Waals surface area contributed by atoms with Crippen LogP contribution in [0.3, 0.4) is 0 Å². The number of halogens is 1. The van der Waals surface area contributed by atoms with Gasteiger partial charge in [-0.25, -0.2) is 0 Å². The molecule has 4 heteroatoms. The molecule has 0 radical (unpaired) electrons. The molecular formula is C8H17IN2O. The molecule has 0 aliphatic heterocycles. The Morgan fingerprint density at radius 2 is 2.17 bits per heavy atom. The summed E-state index contributed by atoms with van der Waals surface area (Å²) >= 11 is 2.04. The topological polar surface area (TPSA) is 41.1 Å². The molecule has 3 nitrogen and oxygen atoms in total. The van der Waals surface area contributed by atoms with Gasteiger partial charge in [-0.15, -0.1) is 0 Å². The zero-order chi connectivity index (χ0) is 9.40. The van der Waals surface area contributed by atoms with Crippen LogP contribution in [0.25, 0.3) is 0 Å². The van der Waals surface area contributed by atoms with Crippen molar-refractivity contribution in [1.29, 1.82) is 0 Å². The molecule has 72 valence electrons. The average molecular weight is 284 g/mol. The van der Waals surface area contributed by atoms with E-state index in [1.165, 1.54) is 0 Å². The van der Waals surface area contributed by atoms with Crippen molar-refractivity contribution in [2.75, 3.05) is 13.6 Å². The van der Waals surface area contributed by atoms with Crippen LogP contribution in [-0.2, 0) is 4.79 Å². The van der Waals surface area contributed by atoms with Gasteiger partial charge in [0.2, 0.25) is 0 Å². The molecule has 0 spiro atoms. The molecule has 0 heterocycles. The normalized spacial score (nSPS) is 12.9.